The number of amides is 2. The standard InChI is InChI=1S/C29H27N3O3/c1-35-22-14-12-21(13-15-22)30-29(34)27-17-20-8-4-6-19(16-20)7-5-11-26-24(18-28(33)32-27)23-9-2-3-10-25(23)31-26/h2-6,8-16,27,31H,7,17-18H2,1H3,(H,30,34)(H,32,33)/b11-5+/t27-/m0/s1. The van der Waals surface area contributed by atoms with E-state index in [4.69, 9.17) is 4.74 Å². The zero-order chi connectivity index (χ0) is 24.2. The summed E-state index contributed by atoms with van der Waals surface area (Å²) in [6, 6.07) is 22.5. The van der Waals surface area contributed by atoms with E-state index in [-0.39, 0.29) is 18.2 Å². The van der Waals surface area contributed by atoms with Crippen LogP contribution in [0.4, 0.5) is 5.69 Å². The second-order valence-corrected chi connectivity index (χ2v) is 8.71. The summed E-state index contributed by atoms with van der Waals surface area (Å²) >= 11 is 0. The molecule has 0 fully saturated rings. The summed E-state index contributed by atoms with van der Waals surface area (Å²) in [5.41, 5.74) is 5.61. The van der Waals surface area contributed by atoms with E-state index in [2.05, 4.69) is 33.8 Å². The topological polar surface area (TPSA) is 83.2 Å². The molecule has 1 aliphatic heterocycles. The third kappa shape index (κ3) is 5.11. The second-order valence-electron chi connectivity index (χ2n) is 8.71. The number of hydrogen-bond acceptors (Lipinski definition) is 3. The number of methoxy groups -OCH3 is 1. The molecule has 2 bridgehead atoms. The summed E-state index contributed by atoms with van der Waals surface area (Å²) in [5.74, 6) is 0.245. The van der Waals surface area contributed by atoms with Crippen molar-refractivity contribution >= 4 is 34.5 Å². The van der Waals surface area contributed by atoms with E-state index in [9.17, 15) is 9.59 Å². The van der Waals surface area contributed by atoms with E-state index in [1.807, 2.05) is 42.5 Å². The molecule has 0 unspecified atom stereocenters. The first kappa shape index (κ1) is 22.5. The van der Waals surface area contributed by atoms with Gasteiger partial charge in [0, 0.05) is 28.7 Å². The Morgan fingerprint density at radius 1 is 1.00 bits per heavy atom. The summed E-state index contributed by atoms with van der Waals surface area (Å²) in [7, 11) is 1.60. The van der Waals surface area contributed by atoms with Crippen LogP contribution in [0.25, 0.3) is 17.0 Å². The minimum Gasteiger partial charge on any atom is -0.497 e. The quantitative estimate of drug-likeness (QED) is 0.412. The van der Waals surface area contributed by atoms with Crippen molar-refractivity contribution in [3.8, 4) is 5.75 Å². The van der Waals surface area contributed by atoms with Crippen LogP contribution in [0, 0.1) is 0 Å². The molecule has 1 aliphatic rings. The van der Waals surface area contributed by atoms with Crippen molar-refractivity contribution in [3.05, 3.63) is 101 Å². The lowest BCUT2D eigenvalue weighted by atomic mass is 10.0. The van der Waals surface area contributed by atoms with Crippen LogP contribution in [0.1, 0.15) is 22.4 Å². The summed E-state index contributed by atoms with van der Waals surface area (Å²) in [4.78, 5) is 29.9. The Balaban J connectivity index is 1.47. The summed E-state index contributed by atoms with van der Waals surface area (Å²) in [6.45, 7) is 0. The number of para-hydroxylation sites is 1. The minimum absolute atomic E-state index is 0.174. The van der Waals surface area contributed by atoms with Gasteiger partial charge in [-0.15, -0.1) is 0 Å². The Labute approximate surface area is 204 Å². The lowest BCUT2D eigenvalue weighted by Gasteiger charge is -2.19. The normalized spacial score (nSPS) is 16.7. The highest BCUT2D eigenvalue weighted by Gasteiger charge is 2.23. The first-order chi connectivity index (χ1) is 17.1. The largest absolute Gasteiger partial charge is 0.497 e. The van der Waals surface area contributed by atoms with Gasteiger partial charge in [0.15, 0.2) is 0 Å². The number of anilines is 1. The van der Waals surface area contributed by atoms with Gasteiger partial charge in [-0.2, -0.15) is 0 Å². The zero-order valence-electron chi connectivity index (χ0n) is 19.5. The van der Waals surface area contributed by atoms with Crippen molar-refractivity contribution in [1.82, 2.24) is 10.3 Å². The van der Waals surface area contributed by atoms with Crippen LogP contribution < -0.4 is 15.4 Å². The summed E-state index contributed by atoms with van der Waals surface area (Å²) in [5, 5.41) is 6.93. The molecule has 4 aromatic rings. The molecule has 5 rings (SSSR count). The maximum Gasteiger partial charge on any atom is 0.247 e. The number of aromatic amines is 1. The monoisotopic (exact) mass is 465 g/mol. The van der Waals surface area contributed by atoms with Gasteiger partial charge in [0.05, 0.1) is 13.5 Å². The number of ether oxygens (including phenoxy) is 1. The summed E-state index contributed by atoms with van der Waals surface area (Å²) in [6.07, 6.45) is 5.48. The van der Waals surface area contributed by atoms with Crippen LogP contribution in [0.3, 0.4) is 0 Å². The lowest BCUT2D eigenvalue weighted by molar-refractivity contribution is -0.126. The fourth-order valence-corrected chi connectivity index (χ4v) is 4.50. The molecule has 0 aliphatic carbocycles. The molecule has 1 atom stereocenters. The number of rotatable bonds is 3. The Morgan fingerprint density at radius 3 is 2.63 bits per heavy atom. The van der Waals surface area contributed by atoms with E-state index < -0.39 is 6.04 Å². The molecular formula is C29H27N3O3. The second kappa shape index (κ2) is 9.89. The van der Waals surface area contributed by atoms with Gasteiger partial charge >= 0.3 is 0 Å². The Morgan fingerprint density at radius 2 is 1.80 bits per heavy atom. The first-order valence-electron chi connectivity index (χ1n) is 11.7. The maximum atomic E-state index is 13.3. The molecule has 0 saturated carbocycles. The molecule has 6 nitrogen and oxygen atoms in total. The highest BCUT2D eigenvalue weighted by molar-refractivity contribution is 5.98. The highest BCUT2D eigenvalue weighted by atomic mass is 16.5. The van der Waals surface area contributed by atoms with E-state index in [1.54, 1.807) is 31.4 Å². The molecule has 2 amide bonds. The molecule has 0 saturated heterocycles. The Kier molecular flexibility index (Phi) is 6.35. The number of hydrogen-bond donors (Lipinski definition) is 3. The number of nitrogens with one attached hydrogen (secondary N) is 3. The molecule has 3 N–H and O–H groups in total. The molecule has 176 valence electrons. The Hall–Kier alpha value is -4.32. The van der Waals surface area contributed by atoms with Crippen molar-refractivity contribution in [2.24, 2.45) is 0 Å². The van der Waals surface area contributed by atoms with Gasteiger partial charge in [-0.25, -0.2) is 0 Å². The van der Waals surface area contributed by atoms with Crippen LogP contribution in [0.5, 0.6) is 5.75 Å². The Bertz CT molecular complexity index is 1400. The van der Waals surface area contributed by atoms with Crippen molar-refractivity contribution in [2.45, 2.75) is 25.3 Å². The molecule has 0 spiro atoms. The fourth-order valence-electron chi connectivity index (χ4n) is 4.50. The number of aromatic nitrogens is 1. The number of carbonyl (C=O) groups excluding carboxylic acids is 2. The van der Waals surface area contributed by atoms with E-state index >= 15 is 0 Å². The average molecular weight is 466 g/mol. The predicted octanol–water partition coefficient (Wildman–Crippen LogP) is 4.65. The SMILES string of the molecule is COc1ccc(NC(=O)[C@@H]2Cc3cccc(c3)C/C=C/c3[nH]c4ccccc4c3CC(=O)N2)cc1. The molecule has 3 aromatic carbocycles. The summed E-state index contributed by atoms with van der Waals surface area (Å²) < 4.78 is 5.19. The van der Waals surface area contributed by atoms with E-state index in [1.165, 1.54) is 0 Å². The molecule has 6 heteroatoms. The van der Waals surface area contributed by atoms with Crippen LogP contribution >= 0.6 is 0 Å². The third-order valence-electron chi connectivity index (χ3n) is 6.26. The van der Waals surface area contributed by atoms with Gasteiger partial charge in [-0.1, -0.05) is 48.5 Å². The molecule has 1 aromatic heterocycles. The van der Waals surface area contributed by atoms with Crippen LogP contribution in [0.2, 0.25) is 0 Å². The molecule has 2 heterocycles. The van der Waals surface area contributed by atoms with Crippen LogP contribution in [-0.2, 0) is 28.9 Å². The lowest BCUT2D eigenvalue weighted by Crippen LogP contribution is -2.45. The number of benzene rings is 3. The average Bonchev–Trinajstić information content (AvgIpc) is 3.21. The highest BCUT2D eigenvalue weighted by Crippen LogP contribution is 2.25. The number of H-pyrrole nitrogens is 1. The first-order valence-corrected chi connectivity index (χ1v) is 11.7. The van der Waals surface area contributed by atoms with Gasteiger partial charge in [-0.05, 0) is 59.5 Å². The van der Waals surface area contributed by atoms with E-state index in [0.717, 1.165) is 39.7 Å². The molecule has 35 heavy (non-hydrogen) atoms. The number of carbonyl (C=O) groups is 2. The third-order valence-corrected chi connectivity index (χ3v) is 6.26. The predicted molar refractivity (Wildman–Crippen MR) is 138 cm³/mol. The molecular weight excluding hydrogens is 438 g/mol. The van der Waals surface area contributed by atoms with Gasteiger partial charge in [-0.3, -0.25) is 9.59 Å². The van der Waals surface area contributed by atoms with Gasteiger partial charge in [0.2, 0.25) is 11.8 Å². The number of allylic oxidation sites excluding steroid dienone is 1. The fraction of sp³-hybridized carbons (Fsp3) is 0.172. The van der Waals surface area contributed by atoms with E-state index in [0.29, 0.717) is 17.9 Å². The number of fused-ring (bicyclic) bond motifs is 5. The van der Waals surface area contributed by atoms with Gasteiger partial charge < -0.3 is 20.4 Å². The zero-order valence-corrected chi connectivity index (χ0v) is 19.5. The van der Waals surface area contributed by atoms with Crippen molar-refractivity contribution in [1.29, 1.82) is 0 Å². The van der Waals surface area contributed by atoms with Gasteiger partial charge in [0.1, 0.15) is 11.8 Å². The van der Waals surface area contributed by atoms with Gasteiger partial charge in [0.25, 0.3) is 0 Å². The van der Waals surface area contributed by atoms with Crippen molar-refractivity contribution in [2.75, 3.05) is 12.4 Å². The maximum absolute atomic E-state index is 13.3. The smallest absolute Gasteiger partial charge is 0.247 e. The minimum atomic E-state index is -0.720. The van der Waals surface area contributed by atoms with Crippen LogP contribution in [-0.4, -0.2) is 29.9 Å². The van der Waals surface area contributed by atoms with Crippen molar-refractivity contribution in [3.63, 3.8) is 0 Å². The van der Waals surface area contributed by atoms with Crippen LogP contribution in [0.15, 0.2) is 78.9 Å². The molecule has 0 radical (unpaired) electrons. The van der Waals surface area contributed by atoms with Crippen molar-refractivity contribution < 1.29 is 14.3 Å².